The minimum atomic E-state index is -0.282. The maximum Gasteiger partial charge on any atom is 0.138 e. The monoisotopic (exact) mass is 267 g/mol. The van der Waals surface area contributed by atoms with E-state index in [0.29, 0.717) is 6.61 Å². The molecule has 1 saturated heterocycles. The molecule has 19 heavy (non-hydrogen) atoms. The molecule has 0 unspecified atom stereocenters. The van der Waals surface area contributed by atoms with Gasteiger partial charge < -0.3 is 19.8 Å². The summed E-state index contributed by atoms with van der Waals surface area (Å²) in [6, 6.07) is 0. The van der Waals surface area contributed by atoms with Crippen molar-refractivity contribution in [1.82, 2.24) is 15.3 Å². The van der Waals surface area contributed by atoms with Gasteiger partial charge in [0.15, 0.2) is 0 Å². The van der Waals surface area contributed by atoms with Gasteiger partial charge in [-0.25, -0.2) is 4.98 Å². The fourth-order valence-electron chi connectivity index (χ4n) is 2.51. The number of aromatic amines is 1. The van der Waals surface area contributed by atoms with Crippen molar-refractivity contribution in [2.45, 2.75) is 45.3 Å². The molecule has 1 aromatic rings. The highest BCUT2D eigenvalue weighted by Gasteiger charge is 2.37. The summed E-state index contributed by atoms with van der Waals surface area (Å²) in [4.78, 5) is 7.95. The number of nitrogens with zero attached hydrogens (tertiary/aromatic N) is 1. The van der Waals surface area contributed by atoms with E-state index in [1.807, 2.05) is 13.1 Å². The number of H-pyrrole nitrogens is 1. The van der Waals surface area contributed by atoms with Crippen LogP contribution in [-0.2, 0) is 21.6 Å². The van der Waals surface area contributed by atoms with E-state index >= 15 is 0 Å². The van der Waals surface area contributed by atoms with Crippen molar-refractivity contribution >= 4 is 0 Å². The van der Waals surface area contributed by atoms with E-state index in [9.17, 15) is 0 Å². The molecule has 5 heteroatoms. The van der Waals surface area contributed by atoms with Crippen molar-refractivity contribution in [1.29, 1.82) is 0 Å². The highest BCUT2D eigenvalue weighted by atomic mass is 16.5. The molecule has 2 heterocycles. The van der Waals surface area contributed by atoms with Gasteiger partial charge in [-0.3, -0.25) is 0 Å². The standard InChI is InChI=1S/C14H25N3O2/c1-3-7-15-10-12-11-16-13(17-12)14(19-4-2)5-8-18-9-6-14/h11,15H,3-10H2,1-2H3,(H,16,17). The average molecular weight is 267 g/mol. The third-order valence-electron chi connectivity index (χ3n) is 3.52. The molecule has 2 N–H and O–H groups in total. The maximum atomic E-state index is 6.00. The number of hydrogen-bond donors (Lipinski definition) is 2. The van der Waals surface area contributed by atoms with Gasteiger partial charge in [-0.2, -0.15) is 0 Å². The van der Waals surface area contributed by atoms with E-state index in [1.165, 1.54) is 0 Å². The summed E-state index contributed by atoms with van der Waals surface area (Å²) >= 11 is 0. The number of rotatable bonds is 7. The third-order valence-corrected chi connectivity index (χ3v) is 3.52. The van der Waals surface area contributed by atoms with Gasteiger partial charge in [-0.15, -0.1) is 0 Å². The zero-order valence-corrected chi connectivity index (χ0v) is 12.0. The first-order valence-electron chi connectivity index (χ1n) is 7.27. The first-order chi connectivity index (χ1) is 9.30. The molecule has 0 radical (unpaired) electrons. The summed E-state index contributed by atoms with van der Waals surface area (Å²) in [5.41, 5.74) is 0.838. The topological polar surface area (TPSA) is 59.2 Å². The predicted molar refractivity (Wildman–Crippen MR) is 73.9 cm³/mol. The van der Waals surface area contributed by atoms with Gasteiger partial charge in [-0.05, 0) is 19.9 Å². The fourth-order valence-corrected chi connectivity index (χ4v) is 2.51. The number of imidazole rings is 1. The van der Waals surface area contributed by atoms with Crippen LogP contribution in [0.1, 0.15) is 44.6 Å². The highest BCUT2D eigenvalue weighted by Crippen LogP contribution is 2.34. The molecule has 0 bridgehead atoms. The molecular weight excluding hydrogens is 242 g/mol. The highest BCUT2D eigenvalue weighted by molar-refractivity contribution is 5.10. The summed E-state index contributed by atoms with van der Waals surface area (Å²) < 4.78 is 11.4. The van der Waals surface area contributed by atoms with Gasteiger partial charge in [0.2, 0.25) is 0 Å². The van der Waals surface area contributed by atoms with Gasteiger partial charge in [0.05, 0.1) is 0 Å². The Morgan fingerprint density at radius 1 is 1.42 bits per heavy atom. The predicted octanol–water partition coefficient (Wildman–Crippen LogP) is 1.95. The van der Waals surface area contributed by atoms with Crippen LogP contribution in [0.25, 0.3) is 0 Å². The second-order valence-electron chi connectivity index (χ2n) is 4.97. The largest absolute Gasteiger partial charge is 0.381 e. The summed E-state index contributed by atoms with van der Waals surface area (Å²) in [5.74, 6) is 0.950. The molecule has 108 valence electrons. The van der Waals surface area contributed by atoms with E-state index in [2.05, 4.69) is 22.2 Å². The molecule has 1 aromatic heterocycles. The maximum absolute atomic E-state index is 6.00. The van der Waals surface area contributed by atoms with Gasteiger partial charge in [-0.1, -0.05) is 6.92 Å². The summed E-state index contributed by atoms with van der Waals surface area (Å²) in [7, 11) is 0. The van der Waals surface area contributed by atoms with Crippen molar-refractivity contribution in [3.05, 3.63) is 17.7 Å². The Hall–Kier alpha value is -0.910. The molecule has 0 aromatic carbocycles. The molecule has 1 aliphatic heterocycles. The Bertz CT molecular complexity index is 367. The van der Waals surface area contributed by atoms with Crippen LogP contribution in [-0.4, -0.2) is 36.3 Å². The Balaban J connectivity index is 2.04. The van der Waals surface area contributed by atoms with Crippen molar-refractivity contribution < 1.29 is 9.47 Å². The summed E-state index contributed by atoms with van der Waals surface area (Å²) in [5, 5.41) is 3.38. The van der Waals surface area contributed by atoms with E-state index in [0.717, 1.165) is 57.1 Å². The second-order valence-corrected chi connectivity index (χ2v) is 4.97. The minimum absolute atomic E-state index is 0.282. The summed E-state index contributed by atoms with van der Waals surface area (Å²) in [6.07, 6.45) is 4.79. The van der Waals surface area contributed by atoms with Gasteiger partial charge in [0.25, 0.3) is 0 Å². The first-order valence-corrected chi connectivity index (χ1v) is 7.27. The lowest BCUT2D eigenvalue weighted by molar-refractivity contribution is -0.117. The zero-order valence-electron chi connectivity index (χ0n) is 12.0. The molecule has 0 aliphatic carbocycles. The zero-order chi connectivity index (χ0) is 13.6. The van der Waals surface area contributed by atoms with Crippen LogP contribution < -0.4 is 5.32 Å². The van der Waals surface area contributed by atoms with Gasteiger partial charge >= 0.3 is 0 Å². The number of ether oxygens (including phenoxy) is 2. The van der Waals surface area contributed by atoms with Crippen molar-refractivity contribution in [2.75, 3.05) is 26.4 Å². The number of hydrogen-bond acceptors (Lipinski definition) is 4. The molecule has 1 fully saturated rings. The molecule has 0 saturated carbocycles. The SMILES string of the molecule is CCCNCc1cnc(C2(OCC)CCOCC2)[nH]1. The third kappa shape index (κ3) is 3.55. The van der Waals surface area contributed by atoms with Gasteiger partial charge in [0, 0.05) is 51.1 Å². The lowest BCUT2D eigenvalue weighted by atomic mass is 9.93. The lowest BCUT2D eigenvalue weighted by Gasteiger charge is -2.35. The number of aromatic nitrogens is 2. The average Bonchev–Trinajstić information content (AvgIpc) is 2.90. The van der Waals surface area contributed by atoms with Crippen LogP contribution in [0.5, 0.6) is 0 Å². The Morgan fingerprint density at radius 2 is 2.21 bits per heavy atom. The first kappa shape index (κ1) is 14.5. The van der Waals surface area contributed by atoms with Crippen LogP contribution in [0, 0.1) is 0 Å². The number of nitrogens with one attached hydrogen (secondary N) is 2. The minimum Gasteiger partial charge on any atom is -0.381 e. The molecule has 1 aliphatic rings. The molecular formula is C14H25N3O2. The van der Waals surface area contributed by atoms with Gasteiger partial charge in [0.1, 0.15) is 11.4 Å². The van der Waals surface area contributed by atoms with Crippen LogP contribution >= 0.6 is 0 Å². The van der Waals surface area contributed by atoms with Crippen molar-refractivity contribution in [3.63, 3.8) is 0 Å². The summed E-state index contributed by atoms with van der Waals surface area (Å²) in [6.45, 7) is 8.23. The second kappa shape index (κ2) is 7.03. The molecule has 0 atom stereocenters. The van der Waals surface area contributed by atoms with E-state index in [4.69, 9.17) is 9.47 Å². The van der Waals surface area contributed by atoms with Crippen LogP contribution in [0.2, 0.25) is 0 Å². The lowest BCUT2D eigenvalue weighted by Crippen LogP contribution is -2.37. The normalized spacial score (nSPS) is 18.6. The molecule has 2 rings (SSSR count). The Morgan fingerprint density at radius 3 is 2.89 bits per heavy atom. The quantitative estimate of drug-likeness (QED) is 0.741. The van der Waals surface area contributed by atoms with Crippen molar-refractivity contribution in [3.8, 4) is 0 Å². The van der Waals surface area contributed by atoms with E-state index in [-0.39, 0.29) is 5.60 Å². The van der Waals surface area contributed by atoms with E-state index < -0.39 is 0 Å². The Kier molecular flexibility index (Phi) is 5.36. The van der Waals surface area contributed by atoms with Crippen LogP contribution in [0.3, 0.4) is 0 Å². The van der Waals surface area contributed by atoms with Crippen LogP contribution in [0.4, 0.5) is 0 Å². The van der Waals surface area contributed by atoms with E-state index in [1.54, 1.807) is 0 Å². The van der Waals surface area contributed by atoms with Crippen LogP contribution in [0.15, 0.2) is 6.20 Å². The molecule has 5 nitrogen and oxygen atoms in total. The smallest absolute Gasteiger partial charge is 0.138 e. The molecule has 0 spiro atoms. The molecule has 0 amide bonds. The fraction of sp³-hybridized carbons (Fsp3) is 0.786. The Labute approximate surface area is 115 Å². The van der Waals surface area contributed by atoms with Crippen molar-refractivity contribution in [2.24, 2.45) is 0 Å².